The second-order valence-corrected chi connectivity index (χ2v) is 8.72. The molecule has 3 fully saturated rings. The number of nitrogens with zero attached hydrogens (tertiary/aromatic N) is 3. The van der Waals surface area contributed by atoms with Crippen molar-refractivity contribution in [2.45, 2.75) is 51.5 Å². The Labute approximate surface area is 142 Å². The highest BCUT2D eigenvalue weighted by molar-refractivity contribution is 7.09. The lowest BCUT2D eigenvalue weighted by atomic mass is 9.72. The van der Waals surface area contributed by atoms with Crippen molar-refractivity contribution in [3.63, 3.8) is 0 Å². The minimum Gasteiger partial charge on any atom is -0.336 e. The average Bonchev–Trinajstić information content (AvgIpc) is 3.09. The van der Waals surface area contributed by atoms with Crippen molar-refractivity contribution in [3.8, 4) is 0 Å². The zero-order valence-corrected chi connectivity index (χ0v) is 14.7. The Hall–Kier alpha value is -0.940. The molecule has 3 heterocycles. The number of likely N-dealkylation sites (tertiary alicyclic amines) is 2. The first-order valence-electron chi connectivity index (χ1n) is 9.14. The molecule has 0 unspecified atom stereocenters. The summed E-state index contributed by atoms with van der Waals surface area (Å²) in [4.78, 5) is 22.7. The van der Waals surface area contributed by atoms with Crippen molar-refractivity contribution in [1.29, 1.82) is 0 Å². The summed E-state index contributed by atoms with van der Waals surface area (Å²) < 4.78 is 0. The van der Waals surface area contributed by atoms with E-state index < -0.39 is 0 Å². The quantitative estimate of drug-likeness (QED) is 0.794. The van der Waals surface area contributed by atoms with E-state index in [1.807, 2.05) is 16.6 Å². The Morgan fingerprint density at radius 2 is 2.09 bits per heavy atom. The summed E-state index contributed by atoms with van der Waals surface area (Å²) in [7, 11) is 0. The van der Waals surface area contributed by atoms with Crippen LogP contribution in [-0.4, -0.2) is 46.9 Å². The topological polar surface area (TPSA) is 36.4 Å². The number of rotatable bonds is 4. The zero-order valence-electron chi connectivity index (χ0n) is 13.9. The third kappa shape index (κ3) is 3.18. The second-order valence-electron chi connectivity index (χ2n) is 7.75. The van der Waals surface area contributed by atoms with Crippen LogP contribution in [0.25, 0.3) is 0 Å². The van der Waals surface area contributed by atoms with Crippen molar-refractivity contribution in [3.05, 3.63) is 16.6 Å². The van der Waals surface area contributed by atoms with Crippen LogP contribution in [0.4, 0.5) is 0 Å². The Bertz CT molecular complexity index is 540. The molecular weight excluding hydrogens is 306 g/mol. The van der Waals surface area contributed by atoms with Crippen LogP contribution >= 0.6 is 11.3 Å². The summed E-state index contributed by atoms with van der Waals surface area (Å²) in [6.07, 6.45) is 11.2. The molecule has 1 aromatic heterocycles. The van der Waals surface area contributed by atoms with E-state index in [0.29, 0.717) is 5.91 Å². The standard InChI is InChI=1S/C18H27N3OS/c22-17-18(13-21(17)11-16-9-19-14-23-16)7-4-8-20(12-18)10-15-5-2-1-3-6-15/h9,14-15H,1-8,10-13H2/t18-/m1/s1. The van der Waals surface area contributed by atoms with Gasteiger partial charge in [-0.15, -0.1) is 11.3 Å². The van der Waals surface area contributed by atoms with Crippen LogP contribution in [0, 0.1) is 11.3 Å². The summed E-state index contributed by atoms with van der Waals surface area (Å²) in [6.45, 7) is 5.13. The summed E-state index contributed by atoms with van der Waals surface area (Å²) in [5, 5.41) is 0. The molecule has 3 aliphatic rings. The fourth-order valence-electron chi connectivity index (χ4n) is 4.81. The summed E-state index contributed by atoms with van der Waals surface area (Å²) in [5.41, 5.74) is 1.79. The molecule has 1 aromatic rings. The van der Waals surface area contributed by atoms with Crippen LogP contribution in [0.5, 0.6) is 0 Å². The lowest BCUT2D eigenvalue weighted by Crippen LogP contribution is -2.66. The smallest absolute Gasteiger partial charge is 0.232 e. The Kier molecular flexibility index (Phi) is 4.41. The maximum Gasteiger partial charge on any atom is 0.232 e. The van der Waals surface area contributed by atoms with Crippen LogP contribution in [0.15, 0.2) is 11.7 Å². The molecule has 1 amide bonds. The third-order valence-electron chi connectivity index (χ3n) is 5.96. The third-order valence-corrected chi connectivity index (χ3v) is 6.73. The molecule has 0 bridgehead atoms. The van der Waals surface area contributed by atoms with Crippen molar-refractivity contribution in [1.82, 2.24) is 14.8 Å². The van der Waals surface area contributed by atoms with Gasteiger partial charge in [0, 0.05) is 30.7 Å². The molecular formula is C18H27N3OS. The monoisotopic (exact) mass is 333 g/mol. The SMILES string of the molecule is O=C1N(Cc2cncs2)C[C@]12CCCN(CC1CCCCC1)C2. The van der Waals surface area contributed by atoms with Gasteiger partial charge < -0.3 is 9.80 Å². The van der Waals surface area contributed by atoms with Gasteiger partial charge in [0.2, 0.25) is 5.91 Å². The Balaban J connectivity index is 1.33. The van der Waals surface area contributed by atoms with Crippen LogP contribution in [0.3, 0.4) is 0 Å². The molecule has 1 atom stereocenters. The van der Waals surface area contributed by atoms with E-state index in [4.69, 9.17) is 0 Å². The van der Waals surface area contributed by atoms with E-state index in [1.54, 1.807) is 11.3 Å². The number of hydrogen-bond acceptors (Lipinski definition) is 4. The summed E-state index contributed by atoms with van der Waals surface area (Å²) in [6, 6.07) is 0. The van der Waals surface area contributed by atoms with Crippen LogP contribution < -0.4 is 0 Å². The number of carbonyl (C=O) groups is 1. The van der Waals surface area contributed by atoms with E-state index in [9.17, 15) is 4.79 Å². The highest BCUT2D eigenvalue weighted by Gasteiger charge is 2.53. The van der Waals surface area contributed by atoms with Crippen molar-refractivity contribution in [2.75, 3.05) is 26.2 Å². The molecule has 5 heteroatoms. The highest BCUT2D eigenvalue weighted by atomic mass is 32.1. The van der Waals surface area contributed by atoms with Crippen LogP contribution in [0.2, 0.25) is 0 Å². The molecule has 2 aliphatic heterocycles. The number of hydrogen-bond donors (Lipinski definition) is 0. The average molecular weight is 334 g/mol. The lowest BCUT2D eigenvalue weighted by molar-refractivity contribution is -0.167. The number of aromatic nitrogens is 1. The number of β-lactam (4-membered cyclic amide) rings is 1. The number of amides is 1. The summed E-state index contributed by atoms with van der Waals surface area (Å²) in [5.74, 6) is 1.27. The first-order chi connectivity index (χ1) is 11.3. The van der Waals surface area contributed by atoms with Gasteiger partial charge in [0.1, 0.15) is 0 Å². The fraction of sp³-hybridized carbons (Fsp3) is 0.778. The molecule has 1 aliphatic carbocycles. The molecule has 2 saturated heterocycles. The zero-order chi connectivity index (χ0) is 15.7. The van der Waals surface area contributed by atoms with E-state index in [2.05, 4.69) is 9.88 Å². The molecule has 0 radical (unpaired) electrons. The van der Waals surface area contributed by atoms with Crippen LogP contribution in [-0.2, 0) is 11.3 Å². The minimum atomic E-state index is -0.0579. The predicted octanol–water partition coefficient (Wildman–Crippen LogP) is 3.15. The molecule has 23 heavy (non-hydrogen) atoms. The molecule has 126 valence electrons. The van der Waals surface area contributed by atoms with Gasteiger partial charge in [-0.3, -0.25) is 9.78 Å². The lowest BCUT2D eigenvalue weighted by Gasteiger charge is -2.53. The normalized spacial score (nSPS) is 29.9. The van der Waals surface area contributed by atoms with E-state index in [-0.39, 0.29) is 5.41 Å². The van der Waals surface area contributed by atoms with Gasteiger partial charge in [-0.25, -0.2) is 0 Å². The predicted molar refractivity (Wildman–Crippen MR) is 92.2 cm³/mol. The molecule has 0 aromatic carbocycles. The first kappa shape index (κ1) is 15.6. The number of piperidine rings is 1. The van der Waals surface area contributed by atoms with E-state index in [1.165, 1.54) is 56.5 Å². The van der Waals surface area contributed by atoms with Gasteiger partial charge in [0.05, 0.1) is 17.5 Å². The molecule has 0 N–H and O–H groups in total. The first-order valence-corrected chi connectivity index (χ1v) is 10.0. The number of thiazole rings is 1. The van der Waals surface area contributed by atoms with Gasteiger partial charge in [-0.05, 0) is 38.1 Å². The van der Waals surface area contributed by atoms with Crippen LogP contribution in [0.1, 0.15) is 49.8 Å². The maximum atomic E-state index is 12.8. The van der Waals surface area contributed by atoms with E-state index in [0.717, 1.165) is 32.0 Å². The molecule has 4 nitrogen and oxygen atoms in total. The molecule has 1 saturated carbocycles. The van der Waals surface area contributed by atoms with Gasteiger partial charge in [0.15, 0.2) is 0 Å². The number of carbonyl (C=O) groups excluding carboxylic acids is 1. The van der Waals surface area contributed by atoms with Gasteiger partial charge >= 0.3 is 0 Å². The fourth-order valence-corrected chi connectivity index (χ4v) is 5.42. The molecule has 1 spiro atoms. The minimum absolute atomic E-state index is 0.0579. The highest BCUT2D eigenvalue weighted by Crippen LogP contribution is 2.41. The Morgan fingerprint density at radius 3 is 2.83 bits per heavy atom. The second kappa shape index (κ2) is 6.52. The van der Waals surface area contributed by atoms with Gasteiger partial charge in [0.25, 0.3) is 0 Å². The maximum absolute atomic E-state index is 12.8. The molecule has 4 rings (SSSR count). The van der Waals surface area contributed by atoms with Gasteiger partial charge in [-0.2, -0.15) is 0 Å². The van der Waals surface area contributed by atoms with Crippen molar-refractivity contribution in [2.24, 2.45) is 11.3 Å². The van der Waals surface area contributed by atoms with Gasteiger partial charge in [-0.1, -0.05) is 19.3 Å². The largest absolute Gasteiger partial charge is 0.336 e. The van der Waals surface area contributed by atoms with Crippen molar-refractivity contribution >= 4 is 17.2 Å². The van der Waals surface area contributed by atoms with Crippen molar-refractivity contribution < 1.29 is 4.79 Å². The Morgan fingerprint density at radius 1 is 1.22 bits per heavy atom. The van der Waals surface area contributed by atoms with E-state index >= 15 is 0 Å². The summed E-state index contributed by atoms with van der Waals surface area (Å²) >= 11 is 1.65.